The number of rotatable bonds is 8. The summed E-state index contributed by atoms with van der Waals surface area (Å²) in [7, 11) is 0. The van der Waals surface area contributed by atoms with E-state index in [1.54, 1.807) is 18.2 Å². The van der Waals surface area contributed by atoms with Crippen LogP contribution in [0.15, 0.2) is 67.0 Å². The molecule has 34 heavy (non-hydrogen) atoms. The Labute approximate surface area is 194 Å². The zero-order valence-electron chi connectivity index (χ0n) is 18.1. The summed E-state index contributed by atoms with van der Waals surface area (Å²) in [5.74, 6) is -1.69. The van der Waals surface area contributed by atoms with Crippen LogP contribution in [0.4, 0.5) is 20.2 Å². The summed E-state index contributed by atoms with van der Waals surface area (Å²) in [4.78, 5) is 30.3. The number of pyridine rings is 1. The van der Waals surface area contributed by atoms with Crippen LogP contribution in [-0.4, -0.2) is 34.7 Å². The lowest BCUT2D eigenvalue weighted by molar-refractivity contribution is -0.0520. The number of anilines is 2. The minimum absolute atomic E-state index is 0.0124. The average Bonchev–Trinajstić information content (AvgIpc) is 3.34. The van der Waals surface area contributed by atoms with Gasteiger partial charge in [0.05, 0.1) is 28.6 Å². The van der Waals surface area contributed by atoms with E-state index in [0.29, 0.717) is 5.69 Å². The molecule has 1 heterocycles. The number of carboxylic acid groups (broad SMARTS) is 1. The topological polar surface area (TPSA) is 89.0 Å². The second kappa shape index (κ2) is 10.3. The lowest BCUT2D eigenvalue weighted by Crippen LogP contribution is -2.26. The molecule has 0 bridgehead atoms. The monoisotopic (exact) mass is 468 g/mol. The summed E-state index contributed by atoms with van der Waals surface area (Å²) in [6, 6.07) is 13.3. The van der Waals surface area contributed by atoms with Gasteiger partial charge in [0.2, 0.25) is 0 Å². The standard InChI is InChI=1S/C25H22F2N2O5/c26-25(27)34-21-11-10-19(14-22(21)33-20-8-1-2-9-20)29(23(30)17-6-4-12-28-15-17)18-7-3-5-16(13-18)24(31)32/h3-7,10-15,20,25H,1-2,8-9H2,(H,31,32). The van der Waals surface area contributed by atoms with Gasteiger partial charge < -0.3 is 14.6 Å². The van der Waals surface area contributed by atoms with E-state index in [1.807, 2.05) is 0 Å². The molecule has 0 aliphatic heterocycles. The number of ether oxygens (including phenoxy) is 2. The minimum Gasteiger partial charge on any atom is -0.486 e. The van der Waals surface area contributed by atoms with Gasteiger partial charge in [-0.2, -0.15) is 8.78 Å². The molecule has 9 heteroatoms. The number of halogens is 2. The third kappa shape index (κ3) is 5.31. The molecule has 1 N–H and O–H groups in total. The predicted molar refractivity (Wildman–Crippen MR) is 120 cm³/mol. The van der Waals surface area contributed by atoms with Gasteiger partial charge in [0.1, 0.15) is 0 Å². The molecule has 0 unspecified atom stereocenters. The molecule has 1 saturated carbocycles. The first kappa shape index (κ1) is 23.2. The molecule has 2 aromatic carbocycles. The van der Waals surface area contributed by atoms with Crippen LogP contribution in [0.25, 0.3) is 0 Å². The lowest BCUT2D eigenvalue weighted by atomic mass is 10.1. The van der Waals surface area contributed by atoms with Gasteiger partial charge in [0.15, 0.2) is 11.5 Å². The quantitative estimate of drug-likeness (QED) is 0.458. The summed E-state index contributed by atoms with van der Waals surface area (Å²) < 4.78 is 36.6. The number of carbonyl (C=O) groups excluding carboxylic acids is 1. The molecule has 0 saturated heterocycles. The largest absolute Gasteiger partial charge is 0.486 e. The summed E-state index contributed by atoms with van der Waals surface area (Å²) in [6.07, 6.45) is 6.30. The number of amides is 1. The Bertz CT molecular complexity index is 1170. The van der Waals surface area contributed by atoms with Crippen molar-refractivity contribution < 1.29 is 33.0 Å². The number of benzene rings is 2. The van der Waals surface area contributed by atoms with E-state index in [1.165, 1.54) is 53.7 Å². The maximum absolute atomic E-state index is 13.5. The third-order valence-electron chi connectivity index (χ3n) is 5.46. The van der Waals surface area contributed by atoms with Crippen LogP contribution in [0, 0.1) is 0 Å². The fourth-order valence-corrected chi connectivity index (χ4v) is 3.89. The van der Waals surface area contributed by atoms with Crippen molar-refractivity contribution in [1.29, 1.82) is 0 Å². The van der Waals surface area contributed by atoms with Crippen molar-refractivity contribution in [2.45, 2.75) is 38.4 Å². The van der Waals surface area contributed by atoms with E-state index in [0.717, 1.165) is 25.7 Å². The van der Waals surface area contributed by atoms with Crippen molar-refractivity contribution in [2.75, 3.05) is 4.90 Å². The fourth-order valence-electron chi connectivity index (χ4n) is 3.89. The van der Waals surface area contributed by atoms with Gasteiger partial charge >= 0.3 is 12.6 Å². The highest BCUT2D eigenvalue weighted by molar-refractivity contribution is 6.11. The molecule has 7 nitrogen and oxygen atoms in total. The van der Waals surface area contributed by atoms with E-state index in [-0.39, 0.29) is 34.4 Å². The molecular weight excluding hydrogens is 446 g/mol. The van der Waals surface area contributed by atoms with Gasteiger partial charge in [-0.25, -0.2) is 4.79 Å². The Morgan fingerprint density at radius 1 is 0.971 bits per heavy atom. The Hall–Kier alpha value is -4.01. The van der Waals surface area contributed by atoms with E-state index >= 15 is 0 Å². The smallest absolute Gasteiger partial charge is 0.387 e. The first-order valence-electron chi connectivity index (χ1n) is 10.8. The van der Waals surface area contributed by atoms with Gasteiger partial charge in [0, 0.05) is 18.5 Å². The number of aromatic nitrogens is 1. The molecule has 1 aliphatic rings. The van der Waals surface area contributed by atoms with Crippen molar-refractivity contribution in [3.05, 3.63) is 78.1 Å². The third-order valence-corrected chi connectivity index (χ3v) is 5.46. The summed E-state index contributed by atoms with van der Waals surface area (Å²) >= 11 is 0. The molecule has 0 atom stereocenters. The minimum atomic E-state index is -3.04. The Morgan fingerprint density at radius 2 is 1.71 bits per heavy atom. The van der Waals surface area contributed by atoms with Crippen LogP contribution in [0.1, 0.15) is 46.4 Å². The van der Waals surface area contributed by atoms with Crippen molar-refractivity contribution in [3.63, 3.8) is 0 Å². The summed E-state index contributed by atoms with van der Waals surface area (Å²) in [5, 5.41) is 9.42. The number of nitrogens with zero attached hydrogens (tertiary/aromatic N) is 2. The normalized spacial score (nSPS) is 13.6. The average molecular weight is 468 g/mol. The van der Waals surface area contributed by atoms with E-state index < -0.39 is 18.5 Å². The van der Waals surface area contributed by atoms with Crippen LogP contribution in [-0.2, 0) is 0 Å². The van der Waals surface area contributed by atoms with Crippen molar-refractivity contribution in [3.8, 4) is 11.5 Å². The number of hydrogen-bond donors (Lipinski definition) is 1. The molecule has 4 rings (SSSR count). The number of alkyl halides is 2. The first-order valence-corrected chi connectivity index (χ1v) is 10.8. The summed E-state index contributed by atoms with van der Waals surface area (Å²) in [6.45, 7) is -3.04. The number of carboxylic acids is 1. The van der Waals surface area contributed by atoms with Crippen LogP contribution in [0.5, 0.6) is 11.5 Å². The van der Waals surface area contributed by atoms with Gasteiger partial charge in [-0.1, -0.05) is 6.07 Å². The second-order valence-corrected chi connectivity index (χ2v) is 7.77. The van der Waals surface area contributed by atoms with Crippen molar-refractivity contribution in [2.24, 2.45) is 0 Å². The highest BCUT2D eigenvalue weighted by Gasteiger charge is 2.25. The SMILES string of the molecule is O=C(O)c1cccc(N(C(=O)c2cccnc2)c2ccc(OC(F)F)c(OC3CCCC3)c2)c1. The number of hydrogen-bond acceptors (Lipinski definition) is 5. The molecule has 0 radical (unpaired) electrons. The van der Waals surface area contributed by atoms with Gasteiger partial charge in [-0.15, -0.1) is 0 Å². The molecule has 1 aliphatic carbocycles. The zero-order chi connectivity index (χ0) is 24.1. The van der Waals surface area contributed by atoms with E-state index in [2.05, 4.69) is 9.72 Å². The Kier molecular flexibility index (Phi) is 7.01. The highest BCUT2D eigenvalue weighted by Crippen LogP contribution is 2.38. The van der Waals surface area contributed by atoms with Crippen molar-refractivity contribution in [1.82, 2.24) is 4.98 Å². The maximum Gasteiger partial charge on any atom is 0.387 e. The number of aromatic carboxylic acids is 1. The second-order valence-electron chi connectivity index (χ2n) is 7.77. The highest BCUT2D eigenvalue weighted by atomic mass is 19.3. The molecular formula is C25H22F2N2O5. The predicted octanol–water partition coefficient (Wildman–Crippen LogP) is 5.68. The zero-order valence-corrected chi connectivity index (χ0v) is 18.1. The van der Waals surface area contributed by atoms with Gasteiger partial charge in [0.25, 0.3) is 5.91 Å². The summed E-state index contributed by atoms with van der Waals surface area (Å²) in [5.41, 5.74) is 0.824. The first-order chi connectivity index (χ1) is 16.4. The van der Waals surface area contributed by atoms with Crippen LogP contribution in [0.3, 0.4) is 0 Å². The van der Waals surface area contributed by atoms with Crippen LogP contribution >= 0.6 is 0 Å². The maximum atomic E-state index is 13.5. The van der Waals surface area contributed by atoms with Crippen LogP contribution in [0.2, 0.25) is 0 Å². The lowest BCUT2D eigenvalue weighted by Gasteiger charge is -2.25. The van der Waals surface area contributed by atoms with Crippen LogP contribution < -0.4 is 14.4 Å². The van der Waals surface area contributed by atoms with E-state index in [9.17, 15) is 23.5 Å². The Morgan fingerprint density at radius 3 is 2.38 bits per heavy atom. The molecule has 1 amide bonds. The van der Waals surface area contributed by atoms with Crippen molar-refractivity contribution >= 4 is 23.3 Å². The van der Waals surface area contributed by atoms with E-state index in [4.69, 9.17) is 4.74 Å². The Balaban J connectivity index is 1.80. The molecule has 3 aromatic rings. The molecule has 0 spiro atoms. The molecule has 1 fully saturated rings. The fraction of sp³-hybridized carbons (Fsp3) is 0.240. The molecule has 176 valence electrons. The van der Waals surface area contributed by atoms with Gasteiger partial charge in [-0.3, -0.25) is 14.7 Å². The molecule has 1 aromatic heterocycles. The number of carbonyl (C=O) groups is 2. The van der Waals surface area contributed by atoms with Gasteiger partial charge in [-0.05, 0) is 68.1 Å².